The second-order valence-electron chi connectivity index (χ2n) is 7.29. The minimum atomic E-state index is -1.20. The molecule has 0 amide bonds. The van der Waals surface area contributed by atoms with Crippen molar-refractivity contribution in [2.45, 2.75) is 69.7 Å². The van der Waals surface area contributed by atoms with Gasteiger partial charge in [0.1, 0.15) is 18.3 Å². The van der Waals surface area contributed by atoms with Crippen LogP contribution in [0.25, 0.3) is 0 Å². The third kappa shape index (κ3) is 6.15. The molecule has 27 heavy (non-hydrogen) atoms. The lowest BCUT2D eigenvalue weighted by atomic mass is 10.0. The topological polar surface area (TPSA) is 105 Å². The molecule has 1 fully saturated rings. The Labute approximate surface area is 164 Å². The molecule has 1 aromatic rings. The summed E-state index contributed by atoms with van der Waals surface area (Å²) in [6, 6.07) is 1.29. The third-order valence-corrected chi connectivity index (χ3v) is 5.65. The highest BCUT2D eigenvalue weighted by molar-refractivity contribution is 7.99. The Morgan fingerprint density at radius 1 is 1.37 bits per heavy atom. The van der Waals surface area contributed by atoms with Crippen molar-refractivity contribution in [1.29, 1.82) is 0 Å². The average Bonchev–Trinajstić information content (AvgIpc) is 2.90. The van der Waals surface area contributed by atoms with Gasteiger partial charge in [0.2, 0.25) is 0 Å². The smallest absolute Gasteiger partial charge is 0.273 e. The summed E-state index contributed by atoms with van der Waals surface area (Å²) in [6.07, 6.45) is 2.75. The summed E-state index contributed by atoms with van der Waals surface area (Å²) < 4.78 is 7.11. The third-order valence-electron chi connectivity index (χ3n) is 4.65. The van der Waals surface area contributed by atoms with Crippen molar-refractivity contribution in [3.63, 3.8) is 0 Å². The van der Waals surface area contributed by atoms with Crippen LogP contribution in [0, 0.1) is 5.92 Å². The molecule has 5 atom stereocenters. The number of rotatable bonds is 9. The molecule has 1 aliphatic heterocycles. The Morgan fingerprint density at radius 2 is 2.11 bits per heavy atom. The fourth-order valence-corrected chi connectivity index (χ4v) is 4.13. The van der Waals surface area contributed by atoms with Gasteiger partial charge in [0, 0.05) is 18.0 Å². The van der Waals surface area contributed by atoms with Crippen LogP contribution in [0.5, 0.6) is 0 Å². The van der Waals surface area contributed by atoms with Crippen LogP contribution in [0.3, 0.4) is 0 Å². The average molecular weight is 399 g/mol. The molecule has 1 aromatic heterocycles. The zero-order chi connectivity index (χ0) is 20.0. The number of aliphatic hydroxyl groups excluding tert-OH is 3. The lowest BCUT2D eigenvalue weighted by Gasteiger charge is -2.21. The van der Waals surface area contributed by atoms with E-state index < -0.39 is 31.1 Å². The van der Waals surface area contributed by atoms with Gasteiger partial charge in [-0.2, -0.15) is 4.98 Å². The maximum atomic E-state index is 11.7. The summed E-state index contributed by atoms with van der Waals surface area (Å²) in [5.41, 5.74) is 0.963. The molecule has 8 heteroatoms. The summed E-state index contributed by atoms with van der Waals surface area (Å²) in [4.78, 5) is 15.7. The van der Waals surface area contributed by atoms with Crippen LogP contribution in [0.4, 0.5) is 0 Å². The Kier molecular flexibility index (Phi) is 8.50. The normalized spacial score (nSPS) is 26.1. The first-order valence-electron chi connectivity index (χ1n) is 9.31. The number of nitrogens with zero attached hydrogens (tertiary/aromatic N) is 2. The van der Waals surface area contributed by atoms with Gasteiger partial charge in [-0.1, -0.05) is 30.3 Å². The summed E-state index contributed by atoms with van der Waals surface area (Å²) in [7, 11) is 0. The molecule has 152 valence electrons. The fourth-order valence-electron chi connectivity index (χ4n) is 2.96. The van der Waals surface area contributed by atoms with Crippen molar-refractivity contribution >= 4 is 11.8 Å². The van der Waals surface area contributed by atoms with E-state index in [0.717, 1.165) is 25.0 Å². The quantitative estimate of drug-likeness (QED) is 0.330. The second kappa shape index (κ2) is 10.4. The van der Waals surface area contributed by atoms with Gasteiger partial charge in [0.05, 0.1) is 6.61 Å². The van der Waals surface area contributed by atoms with Crippen LogP contribution in [-0.4, -0.2) is 55.5 Å². The van der Waals surface area contributed by atoms with Gasteiger partial charge in [-0.15, -0.1) is 0 Å². The van der Waals surface area contributed by atoms with E-state index in [2.05, 4.69) is 31.8 Å². The molecule has 0 bridgehead atoms. The van der Waals surface area contributed by atoms with E-state index in [-0.39, 0.29) is 5.56 Å². The van der Waals surface area contributed by atoms with Gasteiger partial charge in [-0.25, -0.2) is 0 Å². The summed E-state index contributed by atoms with van der Waals surface area (Å²) >= 11 is 1.43. The molecule has 3 N–H and O–H groups in total. The number of aromatic nitrogens is 2. The van der Waals surface area contributed by atoms with Crippen molar-refractivity contribution in [1.82, 2.24) is 9.55 Å². The monoisotopic (exact) mass is 398 g/mol. The maximum absolute atomic E-state index is 11.7. The number of ether oxygens (including phenoxy) is 1. The first kappa shape index (κ1) is 22.1. The zero-order valence-electron chi connectivity index (χ0n) is 16.1. The van der Waals surface area contributed by atoms with E-state index in [1.165, 1.54) is 29.6 Å². The molecule has 1 aliphatic rings. The SMILES string of the molecule is CC(C)=CCCC(C)CCSc1nc(=O)ccn1C1OC(CO)C(O)C1O. The van der Waals surface area contributed by atoms with E-state index in [0.29, 0.717) is 11.1 Å². The largest absolute Gasteiger partial charge is 0.394 e. The molecule has 0 aromatic carbocycles. The van der Waals surface area contributed by atoms with Crippen LogP contribution < -0.4 is 5.56 Å². The summed E-state index contributed by atoms with van der Waals surface area (Å²) in [5.74, 6) is 1.33. The highest BCUT2D eigenvalue weighted by Crippen LogP contribution is 2.32. The predicted molar refractivity (Wildman–Crippen MR) is 105 cm³/mol. The lowest BCUT2D eigenvalue weighted by molar-refractivity contribution is -0.0577. The Balaban J connectivity index is 2.00. The van der Waals surface area contributed by atoms with Gasteiger partial charge < -0.3 is 20.1 Å². The van der Waals surface area contributed by atoms with Crippen LogP contribution in [0.1, 0.15) is 46.3 Å². The Hall–Kier alpha value is -1.19. The predicted octanol–water partition coefficient (Wildman–Crippen LogP) is 1.72. The maximum Gasteiger partial charge on any atom is 0.273 e. The molecule has 0 radical (unpaired) electrons. The highest BCUT2D eigenvalue weighted by Gasteiger charge is 2.43. The molecular formula is C19H30N2O5S. The molecule has 5 unspecified atom stereocenters. The number of hydrogen-bond acceptors (Lipinski definition) is 7. The molecular weight excluding hydrogens is 368 g/mol. The van der Waals surface area contributed by atoms with E-state index in [1.54, 1.807) is 4.57 Å². The summed E-state index contributed by atoms with van der Waals surface area (Å²) in [5, 5.41) is 29.9. The van der Waals surface area contributed by atoms with Gasteiger partial charge in [0.25, 0.3) is 5.56 Å². The minimum absolute atomic E-state index is 0.364. The van der Waals surface area contributed by atoms with E-state index in [4.69, 9.17) is 4.74 Å². The van der Waals surface area contributed by atoms with Gasteiger partial charge in [-0.3, -0.25) is 9.36 Å². The van der Waals surface area contributed by atoms with Crippen LogP contribution in [0.15, 0.2) is 33.9 Å². The number of allylic oxidation sites excluding steroid dienone is 2. The van der Waals surface area contributed by atoms with Crippen LogP contribution in [-0.2, 0) is 4.74 Å². The van der Waals surface area contributed by atoms with Gasteiger partial charge in [0.15, 0.2) is 11.4 Å². The Bertz CT molecular complexity index is 689. The number of hydrogen-bond donors (Lipinski definition) is 3. The molecule has 0 spiro atoms. The zero-order valence-corrected chi connectivity index (χ0v) is 16.9. The molecule has 2 rings (SSSR count). The van der Waals surface area contributed by atoms with E-state index >= 15 is 0 Å². The fraction of sp³-hybridized carbons (Fsp3) is 0.684. The summed E-state index contributed by atoms with van der Waals surface area (Å²) in [6.45, 7) is 6.00. The first-order valence-corrected chi connectivity index (χ1v) is 10.3. The van der Waals surface area contributed by atoms with E-state index in [1.807, 2.05) is 0 Å². The van der Waals surface area contributed by atoms with E-state index in [9.17, 15) is 20.1 Å². The number of aliphatic hydroxyl groups is 3. The molecule has 0 aliphatic carbocycles. The Morgan fingerprint density at radius 3 is 2.74 bits per heavy atom. The molecule has 7 nitrogen and oxygen atoms in total. The van der Waals surface area contributed by atoms with Crippen molar-refractivity contribution in [2.75, 3.05) is 12.4 Å². The van der Waals surface area contributed by atoms with Crippen molar-refractivity contribution < 1.29 is 20.1 Å². The molecule has 2 heterocycles. The first-order chi connectivity index (χ1) is 12.8. The van der Waals surface area contributed by atoms with Crippen molar-refractivity contribution in [2.24, 2.45) is 5.92 Å². The van der Waals surface area contributed by atoms with Crippen LogP contribution >= 0.6 is 11.8 Å². The minimum Gasteiger partial charge on any atom is -0.394 e. The van der Waals surface area contributed by atoms with Gasteiger partial charge in [-0.05, 0) is 39.0 Å². The van der Waals surface area contributed by atoms with Crippen molar-refractivity contribution in [3.8, 4) is 0 Å². The highest BCUT2D eigenvalue weighted by atomic mass is 32.2. The lowest BCUT2D eigenvalue weighted by Crippen LogP contribution is -2.33. The molecule has 1 saturated heterocycles. The van der Waals surface area contributed by atoms with Crippen molar-refractivity contribution in [3.05, 3.63) is 34.3 Å². The number of thioether (sulfide) groups is 1. The second-order valence-corrected chi connectivity index (χ2v) is 8.35. The van der Waals surface area contributed by atoms with Gasteiger partial charge >= 0.3 is 0 Å². The standard InChI is InChI=1S/C19H30N2O5S/c1-12(2)5-4-6-13(3)8-10-27-19-20-15(23)7-9-21(19)18-17(25)16(24)14(11-22)26-18/h5,7,9,13-14,16-18,22,24-25H,4,6,8,10-11H2,1-3H3. The molecule has 0 saturated carbocycles. The van der Waals surface area contributed by atoms with Crippen LogP contribution in [0.2, 0.25) is 0 Å².